The summed E-state index contributed by atoms with van der Waals surface area (Å²) in [5.41, 5.74) is 3.41. The summed E-state index contributed by atoms with van der Waals surface area (Å²) in [5, 5.41) is 27.1. The molecular formula is C28H30N6O3. The van der Waals surface area contributed by atoms with Gasteiger partial charge in [0.25, 0.3) is 0 Å². The van der Waals surface area contributed by atoms with Gasteiger partial charge in [0.1, 0.15) is 18.6 Å². The Kier molecular flexibility index (Phi) is 6.57. The van der Waals surface area contributed by atoms with Crippen LogP contribution >= 0.6 is 0 Å². The van der Waals surface area contributed by atoms with Crippen LogP contribution in [0.25, 0.3) is 11.4 Å². The van der Waals surface area contributed by atoms with Gasteiger partial charge < -0.3 is 24.5 Å². The van der Waals surface area contributed by atoms with E-state index in [2.05, 4.69) is 42.5 Å². The quantitative estimate of drug-likeness (QED) is 0.332. The van der Waals surface area contributed by atoms with Crippen LogP contribution in [0.4, 0.5) is 5.69 Å². The Morgan fingerprint density at radius 3 is 2.73 bits per heavy atom. The molecule has 4 aromatic rings. The second kappa shape index (κ2) is 10.3. The lowest BCUT2D eigenvalue weighted by atomic mass is 9.82. The maximum Gasteiger partial charge on any atom is 0.168 e. The lowest BCUT2D eigenvalue weighted by Crippen LogP contribution is -2.48. The van der Waals surface area contributed by atoms with Gasteiger partial charge in [-0.3, -0.25) is 10.3 Å². The maximum atomic E-state index is 11.2. The van der Waals surface area contributed by atoms with Gasteiger partial charge in [-0.2, -0.15) is 0 Å². The van der Waals surface area contributed by atoms with E-state index in [0.717, 1.165) is 47.1 Å². The van der Waals surface area contributed by atoms with E-state index in [1.807, 2.05) is 48.5 Å². The Morgan fingerprint density at radius 2 is 1.86 bits per heavy atom. The summed E-state index contributed by atoms with van der Waals surface area (Å²) in [5.74, 6) is 2.32. The van der Waals surface area contributed by atoms with Gasteiger partial charge in [0, 0.05) is 25.1 Å². The fraction of sp³-hybridized carbons (Fsp3) is 0.321. The van der Waals surface area contributed by atoms with Crippen molar-refractivity contribution in [2.24, 2.45) is 0 Å². The number of hydrogen-bond donors (Lipinski definition) is 3. The first-order valence-corrected chi connectivity index (χ1v) is 12.6. The molecule has 0 saturated carbocycles. The predicted molar refractivity (Wildman–Crippen MR) is 139 cm³/mol. The Hall–Kier alpha value is -3.79. The molecule has 6 rings (SSSR count). The molecule has 1 fully saturated rings. The molecular weight excluding hydrogens is 468 g/mol. The summed E-state index contributed by atoms with van der Waals surface area (Å²) < 4.78 is 13.5. The van der Waals surface area contributed by atoms with E-state index < -0.39 is 6.23 Å². The number of pyridine rings is 1. The molecule has 3 N–H and O–H groups in total. The summed E-state index contributed by atoms with van der Waals surface area (Å²) >= 11 is 0. The molecule has 1 unspecified atom stereocenters. The third kappa shape index (κ3) is 4.81. The van der Waals surface area contributed by atoms with Crippen molar-refractivity contribution < 1.29 is 14.6 Å². The molecule has 9 heteroatoms. The number of nitrogens with one attached hydrogen (secondary N) is 2. The highest BCUT2D eigenvalue weighted by Crippen LogP contribution is 2.35. The fourth-order valence-corrected chi connectivity index (χ4v) is 5.17. The summed E-state index contributed by atoms with van der Waals surface area (Å²) in [6.07, 6.45) is 4.22. The molecule has 1 atom stereocenters. The molecule has 0 amide bonds. The average Bonchev–Trinajstić information content (AvgIpc) is 3.26. The molecule has 2 aliphatic heterocycles. The van der Waals surface area contributed by atoms with Crippen LogP contribution < -0.4 is 15.4 Å². The topological polar surface area (TPSA) is 106 Å². The Labute approximate surface area is 215 Å². The second-order valence-corrected chi connectivity index (χ2v) is 9.40. The number of benzene rings is 2. The Balaban J connectivity index is 1.18. The number of rotatable bonds is 7. The van der Waals surface area contributed by atoms with Crippen molar-refractivity contribution >= 4 is 5.69 Å². The van der Waals surface area contributed by atoms with Gasteiger partial charge in [-0.05, 0) is 42.2 Å². The summed E-state index contributed by atoms with van der Waals surface area (Å²) in [6, 6.07) is 20.1. The van der Waals surface area contributed by atoms with Crippen LogP contribution in [0, 0.1) is 0 Å². The molecule has 0 radical (unpaired) electrons. The van der Waals surface area contributed by atoms with Gasteiger partial charge in [0.15, 0.2) is 11.6 Å². The second-order valence-electron chi connectivity index (χ2n) is 9.40. The van der Waals surface area contributed by atoms with Gasteiger partial charge in [0.05, 0.1) is 30.4 Å². The molecule has 0 spiro atoms. The third-order valence-electron chi connectivity index (χ3n) is 7.16. The smallest absolute Gasteiger partial charge is 0.168 e. The van der Waals surface area contributed by atoms with Gasteiger partial charge in [-0.15, -0.1) is 10.2 Å². The molecule has 0 bridgehead atoms. The highest BCUT2D eigenvalue weighted by atomic mass is 16.5. The molecule has 1 saturated heterocycles. The van der Waals surface area contributed by atoms with E-state index in [1.165, 1.54) is 5.56 Å². The van der Waals surface area contributed by atoms with E-state index in [-0.39, 0.29) is 5.54 Å². The lowest BCUT2D eigenvalue weighted by molar-refractivity contribution is 0.00180. The van der Waals surface area contributed by atoms with E-state index in [0.29, 0.717) is 32.9 Å². The van der Waals surface area contributed by atoms with E-state index >= 15 is 0 Å². The average molecular weight is 499 g/mol. The molecule has 2 aromatic heterocycles. The zero-order chi connectivity index (χ0) is 25.1. The van der Waals surface area contributed by atoms with Crippen molar-refractivity contribution in [2.45, 2.75) is 37.7 Å². The minimum Gasteiger partial charge on any atom is -0.489 e. The first-order chi connectivity index (χ1) is 18.2. The number of aromatic nitrogens is 4. The molecule has 0 aliphatic carbocycles. The summed E-state index contributed by atoms with van der Waals surface area (Å²) in [6.45, 7) is 2.99. The van der Waals surface area contributed by atoms with Crippen molar-refractivity contribution in [3.63, 3.8) is 0 Å². The number of aliphatic hydroxyl groups is 1. The molecule has 37 heavy (non-hydrogen) atoms. The summed E-state index contributed by atoms with van der Waals surface area (Å²) in [4.78, 5) is 4.15. The van der Waals surface area contributed by atoms with Crippen LogP contribution in [-0.2, 0) is 23.4 Å². The van der Waals surface area contributed by atoms with Crippen molar-refractivity contribution in [3.8, 4) is 17.1 Å². The van der Waals surface area contributed by atoms with Crippen LogP contribution in [0.1, 0.15) is 36.0 Å². The minimum atomic E-state index is -0.827. The largest absolute Gasteiger partial charge is 0.489 e. The van der Waals surface area contributed by atoms with E-state index in [4.69, 9.17) is 9.47 Å². The number of fused-ring (bicyclic) bond motifs is 3. The maximum absolute atomic E-state index is 11.2. The van der Waals surface area contributed by atoms with Crippen LogP contribution in [0.15, 0.2) is 73.1 Å². The van der Waals surface area contributed by atoms with E-state index in [1.54, 1.807) is 12.4 Å². The van der Waals surface area contributed by atoms with Gasteiger partial charge in [0.2, 0.25) is 0 Å². The van der Waals surface area contributed by atoms with Crippen molar-refractivity contribution in [1.29, 1.82) is 0 Å². The lowest BCUT2D eigenvalue weighted by Gasteiger charge is -2.40. The Bertz CT molecular complexity index is 1350. The van der Waals surface area contributed by atoms with Gasteiger partial charge in [-0.1, -0.05) is 42.5 Å². The SMILES string of the molecule is OC(NC1(c2ccccc2)CCOCC1)c1cccc(NCc2nnc3n2CCOc2cnccc2-3)c1. The fourth-order valence-electron chi connectivity index (χ4n) is 5.17. The van der Waals surface area contributed by atoms with E-state index in [9.17, 15) is 5.11 Å². The first kappa shape index (κ1) is 23.6. The first-order valence-electron chi connectivity index (χ1n) is 12.6. The highest BCUT2D eigenvalue weighted by molar-refractivity contribution is 5.64. The zero-order valence-corrected chi connectivity index (χ0v) is 20.5. The van der Waals surface area contributed by atoms with Crippen molar-refractivity contribution in [3.05, 3.63) is 90.0 Å². The number of anilines is 1. The van der Waals surface area contributed by atoms with Crippen LogP contribution in [-0.4, -0.2) is 44.7 Å². The normalized spacial score (nSPS) is 17.1. The van der Waals surface area contributed by atoms with Crippen molar-refractivity contribution in [1.82, 2.24) is 25.1 Å². The van der Waals surface area contributed by atoms with Crippen LogP contribution in [0.2, 0.25) is 0 Å². The monoisotopic (exact) mass is 498 g/mol. The number of ether oxygens (including phenoxy) is 2. The number of aliphatic hydroxyl groups excluding tert-OH is 1. The van der Waals surface area contributed by atoms with Gasteiger partial charge in [-0.25, -0.2) is 0 Å². The van der Waals surface area contributed by atoms with Crippen molar-refractivity contribution in [2.75, 3.05) is 25.1 Å². The van der Waals surface area contributed by atoms with Gasteiger partial charge >= 0.3 is 0 Å². The number of hydrogen-bond acceptors (Lipinski definition) is 8. The molecule has 2 aromatic carbocycles. The molecule has 190 valence electrons. The zero-order valence-electron chi connectivity index (χ0n) is 20.5. The number of nitrogens with zero attached hydrogens (tertiary/aromatic N) is 4. The molecule has 4 heterocycles. The highest BCUT2D eigenvalue weighted by Gasteiger charge is 2.36. The van der Waals surface area contributed by atoms with Crippen LogP contribution in [0.3, 0.4) is 0 Å². The predicted octanol–water partition coefficient (Wildman–Crippen LogP) is 3.63. The molecule has 2 aliphatic rings. The molecule has 9 nitrogen and oxygen atoms in total. The third-order valence-corrected chi connectivity index (χ3v) is 7.16. The Morgan fingerprint density at radius 1 is 1.00 bits per heavy atom. The standard InChI is InChI=1S/C28H30N6O3/c35-27(31-28(10-14-36-15-11-28)21-6-2-1-3-7-21)20-5-4-8-22(17-20)30-19-25-32-33-26-23-9-12-29-18-24(23)37-16-13-34(25)26/h1-9,12,17-18,27,30-31,35H,10-11,13-16,19H2. The summed E-state index contributed by atoms with van der Waals surface area (Å²) in [7, 11) is 0. The van der Waals surface area contributed by atoms with Crippen LogP contribution in [0.5, 0.6) is 5.75 Å². The minimum absolute atomic E-state index is 0.338.